The lowest BCUT2D eigenvalue weighted by molar-refractivity contribution is 0.343. The van der Waals surface area contributed by atoms with Gasteiger partial charge in [0.1, 0.15) is 5.69 Å². The highest BCUT2D eigenvalue weighted by Gasteiger charge is 2.19. The molecule has 0 aliphatic heterocycles. The molecule has 0 saturated carbocycles. The average molecular weight is 267 g/mol. The molecule has 0 fully saturated rings. The van der Waals surface area contributed by atoms with E-state index in [-0.39, 0.29) is 23.2 Å². The summed E-state index contributed by atoms with van der Waals surface area (Å²) in [6.07, 6.45) is 0. The van der Waals surface area contributed by atoms with Gasteiger partial charge in [-0.15, -0.1) is 0 Å². The summed E-state index contributed by atoms with van der Waals surface area (Å²) < 4.78 is 27.6. The van der Waals surface area contributed by atoms with Crippen molar-refractivity contribution in [3.05, 3.63) is 29.3 Å². The summed E-state index contributed by atoms with van der Waals surface area (Å²) in [4.78, 5) is 1.96. The zero-order chi connectivity index (χ0) is 14.6. The van der Waals surface area contributed by atoms with Crippen LogP contribution in [0.1, 0.15) is 19.4 Å². The highest BCUT2D eigenvalue weighted by Crippen LogP contribution is 2.23. The van der Waals surface area contributed by atoms with E-state index in [4.69, 9.17) is 5.26 Å². The summed E-state index contributed by atoms with van der Waals surface area (Å²) in [6.45, 7) is 4.64. The van der Waals surface area contributed by atoms with Gasteiger partial charge >= 0.3 is 0 Å². The summed E-state index contributed by atoms with van der Waals surface area (Å²) in [5.74, 6) is -1.25. The number of rotatable bonds is 5. The van der Waals surface area contributed by atoms with Crippen LogP contribution in [0.2, 0.25) is 0 Å². The van der Waals surface area contributed by atoms with Crippen molar-refractivity contribution in [3.8, 4) is 6.07 Å². The Labute approximate surface area is 112 Å². The van der Waals surface area contributed by atoms with Crippen LogP contribution < -0.4 is 5.32 Å². The third kappa shape index (κ3) is 4.18. The Balaban J connectivity index is 3.00. The van der Waals surface area contributed by atoms with Crippen LogP contribution in [-0.2, 0) is 0 Å². The fourth-order valence-corrected chi connectivity index (χ4v) is 1.78. The molecule has 3 nitrogen and oxygen atoms in total. The largest absolute Gasteiger partial charge is 0.376 e. The van der Waals surface area contributed by atoms with Crippen LogP contribution in [0.25, 0.3) is 0 Å². The first-order chi connectivity index (χ1) is 8.85. The lowest BCUT2D eigenvalue weighted by Gasteiger charge is -2.27. The van der Waals surface area contributed by atoms with Crippen LogP contribution in [0.3, 0.4) is 0 Å². The Bertz CT molecular complexity index is 455. The molecular formula is C14H19F2N3. The van der Waals surface area contributed by atoms with Gasteiger partial charge < -0.3 is 10.2 Å². The molecule has 0 radical (unpaired) electrons. The van der Waals surface area contributed by atoms with Crippen molar-refractivity contribution in [1.29, 1.82) is 5.26 Å². The third-order valence-electron chi connectivity index (χ3n) is 2.87. The van der Waals surface area contributed by atoms with Gasteiger partial charge in [0.2, 0.25) is 0 Å². The Hall–Kier alpha value is -1.67. The van der Waals surface area contributed by atoms with Gasteiger partial charge in [0.05, 0.1) is 11.6 Å². The van der Waals surface area contributed by atoms with Crippen molar-refractivity contribution in [2.75, 3.05) is 26.0 Å². The molecule has 0 heterocycles. The fraction of sp³-hybridized carbons (Fsp3) is 0.500. The van der Waals surface area contributed by atoms with E-state index in [1.54, 1.807) is 6.07 Å². The first kappa shape index (κ1) is 15.4. The van der Waals surface area contributed by atoms with Crippen molar-refractivity contribution in [2.45, 2.75) is 19.9 Å². The molecule has 0 saturated heterocycles. The molecule has 1 atom stereocenters. The molecule has 0 bridgehead atoms. The maximum Gasteiger partial charge on any atom is 0.150 e. The van der Waals surface area contributed by atoms with Crippen LogP contribution in [-0.4, -0.2) is 31.6 Å². The molecular weight excluding hydrogens is 248 g/mol. The molecule has 0 aromatic heterocycles. The molecule has 104 valence electrons. The fourth-order valence-electron chi connectivity index (χ4n) is 1.78. The monoisotopic (exact) mass is 267 g/mol. The Kier molecular flexibility index (Phi) is 5.25. The minimum atomic E-state index is -0.735. The van der Waals surface area contributed by atoms with Crippen molar-refractivity contribution in [2.24, 2.45) is 5.92 Å². The second-order valence-electron chi connectivity index (χ2n) is 5.18. The minimum absolute atomic E-state index is 0.0192. The molecule has 1 aromatic carbocycles. The molecule has 5 heteroatoms. The molecule has 0 spiro atoms. The average Bonchev–Trinajstić information content (AvgIpc) is 2.31. The van der Waals surface area contributed by atoms with Gasteiger partial charge in [0, 0.05) is 12.6 Å². The number of hydrogen-bond donors (Lipinski definition) is 1. The van der Waals surface area contributed by atoms with Gasteiger partial charge in [-0.05, 0) is 32.1 Å². The van der Waals surface area contributed by atoms with Crippen LogP contribution in [0.5, 0.6) is 0 Å². The van der Waals surface area contributed by atoms with E-state index < -0.39 is 11.6 Å². The number of likely N-dealkylation sites (N-methyl/N-ethyl adjacent to an activating group) is 1. The van der Waals surface area contributed by atoms with Crippen LogP contribution >= 0.6 is 0 Å². The predicted molar refractivity (Wildman–Crippen MR) is 71.9 cm³/mol. The SMILES string of the molecule is CC(C)C(CN(C)C)Nc1c(F)cc(C#N)cc1F. The van der Waals surface area contributed by atoms with Crippen LogP contribution in [0.15, 0.2) is 12.1 Å². The van der Waals surface area contributed by atoms with Gasteiger partial charge in [-0.3, -0.25) is 0 Å². The first-order valence-electron chi connectivity index (χ1n) is 6.15. The molecule has 1 aromatic rings. The summed E-state index contributed by atoms with van der Waals surface area (Å²) in [7, 11) is 3.81. The molecule has 0 aliphatic rings. The normalized spacial score (nSPS) is 12.6. The number of nitriles is 1. The maximum atomic E-state index is 13.8. The van der Waals surface area contributed by atoms with E-state index in [0.717, 1.165) is 12.1 Å². The lowest BCUT2D eigenvalue weighted by atomic mass is 10.0. The molecule has 19 heavy (non-hydrogen) atoms. The number of benzene rings is 1. The highest BCUT2D eigenvalue weighted by molar-refractivity contribution is 5.51. The van der Waals surface area contributed by atoms with Crippen molar-refractivity contribution in [1.82, 2.24) is 4.90 Å². The van der Waals surface area contributed by atoms with Gasteiger partial charge in [0.15, 0.2) is 11.6 Å². The van der Waals surface area contributed by atoms with E-state index in [1.807, 2.05) is 32.8 Å². The first-order valence-corrected chi connectivity index (χ1v) is 6.15. The minimum Gasteiger partial charge on any atom is -0.376 e. The standard InChI is InChI=1S/C14H19F2N3/c1-9(2)13(8-19(3)4)18-14-11(15)5-10(7-17)6-12(14)16/h5-6,9,13,18H,8H2,1-4H3. The molecule has 0 aliphatic carbocycles. The Morgan fingerprint density at radius 1 is 1.26 bits per heavy atom. The quantitative estimate of drug-likeness (QED) is 0.891. The molecule has 1 rings (SSSR count). The highest BCUT2D eigenvalue weighted by atomic mass is 19.1. The number of nitrogens with zero attached hydrogens (tertiary/aromatic N) is 2. The lowest BCUT2D eigenvalue weighted by Crippen LogP contribution is -2.37. The van der Waals surface area contributed by atoms with E-state index in [2.05, 4.69) is 5.32 Å². The van der Waals surface area contributed by atoms with Crippen LogP contribution in [0.4, 0.5) is 14.5 Å². The Morgan fingerprint density at radius 2 is 1.79 bits per heavy atom. The van der Waals surface area contributed by atoms with Gasteiger partial charge in [-0.2, -0.15) is 5.26 Å². The van der Waals surface area contributed by atoms with Crippen molar-refractivity contribution >= 4 is 5.69 Å². The van der Waals surface area contributed by atoms with E-state index in [9.17, 15) is 8.78 Å². The van der Waals surface area contributed by atoms with E-state index in [0.29, 0.717) is 6.54 Å². The predicted octanol–water partition coefficient (Wildman–Crippen LogP) is 2.83. The third-order valence-corrected chi connectivity index (χ3v) is 2.87. The zero-order valence-electron chi connectivity index (χ0n) is 11.7. The zero-order valence-corrected chi connectivity index (χ0v) is 11.7. The number of halogens is 2. The number of nitrogens with one attached hydrogen (secondary N) is 1. The summed E-state index contributed by atoms with van der Waals surface area (Å²) in [5, 5.41) is 11.6. The van der Waals surface area contributed by atoms with Gasteiger partial charge in [-0.25, -0.2) is 8.78 Å². The van der Waals surface area contributed by atoms with E-state index in [1.165, 1.54) is 0 Å². The summed E-state index contributed by atoms with van der Waals surface area (Å²) >= 11 is 0. The van der Waals surface area contributed by atoms with E-state index >= 15 is 0 Å². The molecule has 0 amide bonds. The van der Waals surface area contributed by atoms with Crippen LogP contribution in [0, 0.1) is 28.9 Å². The summed E-state index contributed by atoms with van der Waals surface area (Å²) in [5.41, 5.74) is -0.186. The summed E-state index contributed by atoms with van der Waals surface area (Å²) in [6, 6.07) is 3.73. The van der Waals surface area contributed by atoms with Gasteiger partial charge in [-0.1, -0.05) is 13.8 Å². The smallest absolute Gasteiger partial charge is 0.150 e. The van der Waals surface area contributed by atoms with Crippen molar-refractivity contribution in [3.63, 3.8) is 0 Å². The Morgan fingerprint density at radius 3 is 2.16 bits per heavy atom. The van der Waals surface area contributed by atoms with Crippen molar-refractivity contribution < 1.29 is 8.78 Å². The maximum absolute atomic E-state index is 13.8. The van der Waals surface area contributed by atoms with Gasteiger partial charge in [0.25, 0.3) is 0 Å². The topological polar surface area (TPSA) is 39.1 Å². The number of anilines is 1. The molecule has 1 N–H and O–H groups in total. The number of hydrogen-bond acceptors (Lipinski definition) is 3. The second kappa shape index (κ2) is 6.48. The second-order valence-corrected chi connectivity index (χ2v) is 5.18. The molecule has 1 unspecified atom stereocenters.